The van der Waals surface area contributed by atoms with E-state index in [0.717, 1.165) is 31.5 Å². The topological polar surface area (TPSA) is 24.9 Å². The van der Waals surface area contributed by atoms with Crippen LogP contribution in [0.5, 0.6) is 0 Å². The van der Waals surface area contributed by atoms with Gasteiger partial charge < -0.3 is 5.32 Å². The van der Waals surface area contributed by atoms with Crippen LogP contribution in [0.1, 0.15) is 37.9 Å². The predicted octanol–water partition coefficient (Wildman–Crippen LogP) is 3.84. The van der Waals surface area contributed by atoms with Crippen LogP contribution in [-0.4, -0.2) is 11.5 Å². The van der Waals surface area contributed by atoms with Gasteiger partial charge in [0.15, 0.2) is 0 Å². The zero-order chi connectivity index (χ0) is 12.7. The lowest BCUT2D eigenvalue weighted by Crippen LogP contribution is -2.22. The molecule has 1 N–H and O–H groups in total. The number of terminal acetylenes is 1. The maximum absolute atomic E-state index is 6.15. The monoisotopic (exact) mass is 270 g/mol. The third kappa shape index (κ3) is 4.55. The van der Waals surface area contributed by atoms with E-state index in [0.29, 0.717) is 10.0 Å². The molecule has 0 spiro atoms. The fourth-order valence-corrected chi connectivity index (χ4v) is 2.18. The molecule has 1 rings (SSSR count). The first-order valence-electron chi connectivity index (χ1n) is 5.66. The Morgan fingerprint density at radius 1 is 1.53 bits per heavy atom. The van der Waals surface area contributed by atoms with E-state index in [9.17, 15) is 0 Å². The van der Waals surface area contributed by atoms with Gasteiger partial charge in [0.2, 0.25) is 0 Å². The summed E-state index contributed by atoms with van der Waals surface area (Å²) in [6.07, 6.45) is 9.51. The minimum Gasteiger partial charge on any atom is -0.309 e. The molecular formula is C13H16Cl2N2. The molecule has 1 aromatic heterocycles. The van der Waals surface area contributed by atoms with Crippen molar-refractivity contribution < 1.29 is 0 Å². The van der Waals surface area contributed by atoms with Gasteiger partial charge in [-0.3, -0.25) is 4.98 Å². The van der Waals surface area contributed by atoms with Gasteiger partial charge in [0, 0.05) is 12.6 Å². The van der Waals surface area contributed by atoms with Gasteiger partial charge >= 0.3 is 0 Å². The second-order valence-electron chi connectivity index (χ2n) is 3.73. The molecule has 4 heteroatoms. The molecule has 0 amide bonds. The normalized spacial score (nSPS) is 12.1. The van der Waals surface area contributed by atoms with Crippen molar-refractivity contribution in [2.45, 2.75) is 32.2 Å². The van der Waals surface area contributed by atoms with Crippen LogP contribution in [0.4, 0.5) is 0 Å². The highest BCUT2D eigenvalue weighted by molar-refractivity contribution is 6.34. The smallest absolute Gasteiger partial charge is 0.0760 e. The Bertz CT molecular complexity index is 399. The van der Waals surface area contributed by atoms with E-state index in [2.05, 4.69) is 23.1 Å². The second-order valence-corrected chi connectivity index (χ2v) is 4.57. The SMILES string of the molecule is C#CCCCC(NCC)c1ncc(Cl)cc1Cl. The molecule has 0 saturated carbocycles. The van der Waals surface area contributed by atoms with E-state index in [4.69, 9.17) is 29.6 Å². The average Bonchev–Trinajstić information content (AvgIpc) is 2.28. The molecule has 0 fully saturated rings. The second kappa shape index (κ2) is 7.55. The van der Waals surface area contributed by atoms with Crippen molar-refractivity contribution in [1.29, 1.82) is 0 Å². The molecule has 1 unspecified atom stereocenters. The highest BCUT2D eigenvalue weighted by atomic mass is 35.5. The van der Waals surface area contributed by atoms with Crippen LogP contribution < -0.4 is 5.32 Å². The van der Waals surface area contributed by atoms with Crippen LogP contribution in [0.2, 0.25) is 10.0 Å². The fourth-order valence-electron chi connectivity index (χ4n) is 1.67. The Labute approximate surface area is 113 Å². The average molecular weight is 271 g/mol. The molecule has 0 aliphatic heterocycles. The summed E-state index contributed by atoms with van der Waals surface area (Å²) in [6, 6.07) is 1.86. The zero-order valence-corrected chi connectivity index (χ0v) is 11.4. The molecule has 1 atom stereocenters. The summed E-state index contributed by atoms with van der Waals surface area (Å²) in [4.78, 5) is 4.30. The molecule has 17 heavy (non-hydrogen) atoms. The highest BCUT2D eigenvalue weighted by Gasteiger charge is 2.15. The molecule has 1 aromatic rings. The number of rotatable bonds is 6. The first-order valence-corrected chi connectivity index (χ1v) is 6.42. The van der Waals surface area contributed by atoms with E-state index in [-0.39, 0.29) is 6.04 Å². The van der Waals surface area contributed by atoms with Crippen LogP contribution in [0.15, 0.2) is 12.3 Å². The Hall–Kier alpha value is -0.750. The van der Waals surface area contributed by atoms with Crippen LogP contribution in [0, 0.1) is 12.3 Å². The maximum atomic E-state index is 6.15. The van der Waals surface area contributed by atoms with Gasteiger partial charge in [-0.15, -0.1) is 12.3 Å². The van der Waals surface area contributed by atoms with Gasteiger partial charge in [0.25, 0.3) is 0 Å². The molecule has 1 heterocycles. The quantitative estimate of drug-likeness (QED) is 0.628. The zero-order valence-electron chi connectivity index (χ0n) is 9.84. The summed E-state index contributed by atoms with van der Waals surface area (Å²) in [5.74, 6) is 2.64. The van der Waals surface area contributed by atoms with E-state index >= 15 is 0 Å². The van der Waals surface area contributed by atoms with Gasteiger partial charge in [-0.2, -0.15) is 0 Å². The fraction of sp³-hybridized carbons (Fsp3) is 0.462. The van der Waals surface area contributed by atoms with Gasteiger partial charge in [0.05, 0.1) is 21.8 Å². The lowest BCUT2D eigenvalue weighted by molar-refractivity contribution is 0.491. The lowest BCUT2D eigenvalue weighted by atomic mass is 10.1. The minimum absolute atomic E-state index is 0.137. The molecule has 2 nitrogen and oxygen atoms in total. The molecule has 0 saturated heterocycles. The van der Waals surface area contributed by atoms with Gasteiger partial charge in [-0.25, -0.2) is 0 Å². The van der Waals surface area contributed by atoms with Gasteiger partial charge in [-0.1, -0.05) is 30.1 Å². The Kier molecular flexibility index (Phi) is 6.36. The lowest BCUT2D eigenvalue weighted by Gasteiger charge is -2.18. The maximum Gasteiger partial charge on any atom is 0.0760 e. The summed E-state index contributed by atoms with van der Waals surface area (Å²) in [5.41, 5.74) is 0.843. The number of hydrogen-bond donors (Lipinski definition) is 1. The van der Waals surface area contributed by atoms with Crippen molar-refractivity contribution in [2.24, 2.45) is 0 Å². The van der Waals surface area contributed by atoms with E-state index in [1.807, 2.05) is 0 Å². The van der Waals surface area contributed by atoms with Crippen molar-refractivity contribution >= 4 is 23.2 Å². The number of nitrogens with one attached hydrogen (secondary N) is 1. The molecule has 0 bridgehead atoms. The van der Waals surface area contributed by atoms with E-state index in [1.54, 1.807) is 12.3 Å². The number of aromatic nitrogens is 1. The van der Waals surface area contributed by atoms with Crippen molar-refractivity contribution in [2.75, 3.05) is 6.54 Å². The number of hydrogen-bond acceptors (Lipinski definition) is 2. The van der Waals surface area contributed by atoms with Crippen LogP contribution in [-0.2, 0) is 0 Å². The summed E-state index contributed by atoms with van der Waals surface area (Å²) < 4.78 is 0. The van der Waals surface area contributed by atoms with Gasteiger partial charge in [-0.05, 0) is 25.5 Å². The van der Waals surface area contributed by atoms with Crippen LogP contribution in [0.3, 0.4) is 0 Å². The number of pyridine rings is 1. The Morgan fingerprint density at radius 3 is 2.88 bits per heavy atom. The van der Waals surface area contributed by atoms with E-state index < -0.39 is 0 Å². The van der Waals surface area contributed by atoms with Crippen molar-refractivity contribution in [3.8, 4) is 12.3 Å². The third-order valence-electron chi connectivity index (χ3n) is 2.43. The Morgan fingerprint density at radius 2 is 2.29 bits per heavy atom. The van der Waals surface area contributed by atoms with E-state index in [1.165, 1.54) is 0 Å². The van der Waals surface area contributed by atoms with Crippen LogP contribution >= 0.6 is 23.2 Å². The first-order chi connectivity index (χ1) is 8.19. The van der Waals surface area contributed by atoms with Crippen molar-refractivity contribution in [1.82, 2.24) is 10.3 Å². The number of halogens is 2. The standard InChI is InChI=1S/C13H16Cl2N2/c1-3-5-6-7-12(16-4-2)13-11(15)8-10(14)9-17-13/h1,8-9,12,16H,4-7H2,2H3. The molecular weight excluding hydrogens is 255 g/mol. The third-order valence-corrected chi connectivity index (χ3v) is 2.94. The van der Waals surface area contributed by atoms with Crippen molar-refractivity contribution in [3.63, 3.8) is 0 Å². The molecule has 92 valence electrons. The van der Waals surface area contributed by atoms with Crippen LogP contribution in [0.25, 0.3) is 0 Å². The van der Waals surface area contributed by atoms with Crippen molar-refractivity contribution in [3.05, 3.63) is 28.0 Å². The highest BCUT2D eigenvalue weighted by Crippen LogP contribution is 2.26. The molecule has 0 aliphatic carbocycles. The predicted molar refractivity (Wildman–Crippen MR) is 73.4 cm³/mol. The molecule has 0 aliphatic rings. The summed E-state index contributed by atoms with van der Waals surface area (Å²) >= 11 is 12.0. The first kappa shape index (κ1) is 14.3. The number of nitrogens with zero attached hydrogens (tertiary/aromatic N) is 1. The molecule has 0 aromatic carbocycles. The largest absolute Gasteiger partial charge is 0.309 e. The summed E-state index contributed by atoms with van der Waals surface area (Å²) in [5, 5.41) is 4.51. The summed E-state index contributed by atoms with van der Waals surface area (Å²) in [7, 11) is 0. The van der Waals surface area contributed by atoms with Gasteiger partial charge in [0.1, 0.15) is 0 Å². The Balaban J connectivity index is 2.78. The number of unbranched alkanes of at least 4 members (excludes halogenated alkanes) is 1. The summed E-state index contributed by atoms with van der Waals surface area (Å²) in [6.45, 7) is 2.92. The minimum atomic E-state index is 0.137. The molecule has 0 radical (unpaired) electrons.